The molecule has 3 rings (SSSR count). The third kappa shape index (κ3) is 6.09. The minimum Gasteiger partial charge on any atom is -0.508 e. The molecule has 0 saturated carbocycles. The molecular weight excluding hydrogens is 478 g/mol. The van der Waals surface area contributed by atoms with E-state index in [4.69, 9.17) is 4.74 Å². The van der Waals surface area contributed by atoms with Crippen molar-refractivity contribution in [2.45, 2.75) is 90.5 Å². The molecular formula is C28H39NO6S. The number of thioether (sulfide) groups is 1. The number of carbonyl (C=O) groups excluding carboxylic acids is 1. The number of phenols is 1. The Morgan fingerprint density at radius 2 is 2.00 bits per heavy atom. The minimum absolute atomic E-state index is 0.106. The highest BCUT2D eigenvalue weighted by atomic mass is 32.2. The fraction of sp³-hybridized carbons (Fsp3) is 0.571. The second-order valence-electron chi connectivity index (χ2n) is 10.3. The molecule has 0 spiro atoms. The number of rotatable bonds is 11. The lowest BCUT2D eigenvalue weighted by Crippen LogP contribution is -2.49. The standard InChI is InChI=1S/C28H39NO6S/c1-17(2)8-6-9-18(3)10-7-12-28(4)24(31)15-20-23(30)14-19-21(25(20)35-28)16-29(26(19)32)22(27(33)34)11-13-36-5/h8,10,14,22,24,30-31H,6-7,9,11-13,15-16H2,1-5H3,(H,33,34)/b18-10+/t22-,24-,28-/m0/s1. The van der Waals surface area contributed by atoms with Gasteiger partial charge in [-0.15, -0.1) is 0 Å². The van der Waals surface area contributed by atoms with E-state index < -0.39 is 29.6 Å². The van der Waals surface area contributed by atoms with Gasteiger partial charge in [-0.3, -0.25) is 4.79 Å². The third-order valence-corrected chi connectivity index (χ3v) is 7.85. The molecule has 1 amide bonds. The van der Waals surface area contributed by atoms with Gasteiger partial charge < -0.3 is 25.0 Å². The summed E-state index contributed by atoms with van der Waals surface area (Å²) in [5, 5.41) is 31.4. The molecule has 3 atom stereocenters. The number of ether oxygens (including phenoxy) is 1. The molecule has 1 aromatic carbocycles. The zero-order chi connectivity index (χ0) is 26.6. The fourth-order valence-corrected chi connectivity index (χ4v) is 5.37. The number of allylic oxidation sites excluding steroid dienone is 4. The lowest BCUT2D eigenvalue weighted by atomic mass is 9.84. The van der Waals surface area contributed by atoms with Crippen molar-refractivity contribution in [3.63, 3.8) is 0 Å². The number of carboxylic acids is 1. The highest BCUT2D eigenvalue weighted by Crippen LogP contribution is 2.46. The number of aromatic hydroxyl groups is 1. The molecule has 3 N–H and O–H groups in total. The molecule has 0 aliphatic carbocycles. The number of aliphatic hydroxyl groups excluding tert-OH is 1. The van der Waals surface area contributed by atoms with Crippen molar-refractivity contribution in [2.24, 2.45) is 0 Å². The van der Waals surface area contributed by atoms with Crippen LogP contribution >= 0.6 is 11.8 Å². The summed E-state index contributed by atoms with van der Waals surface area (Å²) >= 11 is 1.53. The number of nitrogens with zero attached hydrogens (tertiary/aromatic N) is 1. The summed E-state index contributed by atoms with van der Waals surface area (Å²) in [5.41, 5.74) is 3.03. The van der Waals surface area contributed by atoms with Crippen LogP contribution in [0.3, 0.4) is 0 Å². The number of hydrogen-bond donors (Lipinski definition) is 3. The second kappa shape index (κ2) is 11.7. The Kier molecular flexibility index (Phi) is 9.17. The highest BCUT2D eigenvalue weighted by Gasteiger charge is 2.45. The monoisotopic (exact) mass is 517 g/mol. The first kappa shape index (κ1) is 28.1. The SMILES string of the molecule is CSCC[C@@H](C(=O)O)N1Cc2c(cc(O)c3c2O[C@@](C)(CC/C=C(\C)CCC=C(C)C)[C@@H](O)C3)C1=O. The molecule has 2 aliphatic rings. The molecule has 2 heterocycles. The molecule has 0 fully saturated rings. The van der Waals surface area contributed by atoms with Crippen molar-refractivity contribution in [1.29, 1.82) is 0 Å². The molecule has 2 aliphatic heterocycles. The van der Waals surface area contributed by atoms with E-state index in [1.807, 2.05) is 13.2 Å². The van der Waals surface area contributed by atoms with Gasteiger partial charge in [-0.05, 0) is 77.9 Å². The Morgan fingerprint density at radius 1 is 1.28 bits per heavy atom. The number of aliphatic hydroxyl groups is 1. The number of aliphatic carboxylic acids is 1. The highest BCUT2D eigenvalue weighted by molar-refractivity contribution is 7.98. The Morgan fingerprint density at radius 3 is 2.64 bits per heavy atom. The summed E-state index contributed by atoms with van der Waals surface area (Å²) in [4.78, 5) is 26.5. The molecule has 0 unspecified atom stereocenters. The predicted octanol–water partition coefficient (Wildman–Crippen LogP) is 5.08. The predicted molar refractivity (Wildman–Crippen MR) is 143 cm³/mol. The lowest BCUT2D eigenvalue weighted by Gasteiger charge is -2.41. The first-order chi connectivity index (χ1) is 17.0. The lowest BCUT2D eigenvalue weighted by molar-refractivity contribution is -0.142. The number of hydrogen-bond acceptors (Lipinski definition) is 6. The van der Waals surface area contributed by atoms with Crippen molar-refractivity contribution in [3.05, 3.63) is 46.1 Å². The van der Waals surface area contributed by atoms with Gasteiger partial charge in [-0.2, -0.15) is 11.8 Å². The van der Waals surface area contributed by atoms with E-state index in [-0.39, 0.29) is 24.3 Å². The Bertz CT molecular complexity index is 1060. The van der Waals surface area contributed by atoms with E-state index in [0.29, 0.717) is 35.5 Å². The molecule has 0 saturated heterocycles. The summed E-state index contributed by atoms with van der Waals surface area (Å²) in [6.45, 7) is 8.25. The van der Waals surface area contributed by atoms with Crippen molar-refractivity contribution in [3.8, 4) is 11.5 Å². The van der Waals surface area contributed by atoms with Crippen LogP contribution in [-0.4, -0.2) is 61.9 Å². The Hall–Kier alpha value is -2.45. The molecule has 8 heteroatoms. The quantitative estimate of drug-likeness (QED) is 0.351. The minimum atomic E-state index is -1.05. The van der Waals surface area contributed by atoms with E-state index in [1.54, 1.807) is 0 Å². The number of carbonyl (C=O) groups is 2. The van der Waals surface area contributed by atoms with Crippen LogP contribution in [0.15, 0.2) is 29.4 Å². The van der Waals surface area contributed by atoms with Crippen molar-refractivity contribution in [1.82, 2.24) is 4.90 Å². The van der Waals surface area contributed by atoms with Gasteiger partial charge in [0.15, 0.2) is 0 Å². The zero-order valence-corrected chi connectivity index (χ0v) is 22.8. The number of benzene rings is 1. The number of phenolic OH excluding ortho intramolecular Hbond substituents is 1. The van der Waals surface area contributed by atoms with Gasteiger partial charge in [0.2, 0.25) is 0 Å². The van der Waals surface area contributed by atoms with E-state index in [1.165, 1.54) is 33.9 Å². The first-order valence-electron chi connectivity index (χ1n) is 12.5. The van der Waals surface area contributed by atoms with Crippen LogP contribution in [-0.2, 0) is 17.8 Å². The summed E-state index contributed by atoms with van der Waals surface area (Å²) < 4.78 is 6.39. The van der Waals surface area contributed by atoms with Crippen LogP contribution in [0.4, 0.5) is 0 Å². The smallest absolute Gasteiger partial charge is 0.326 e. The van der Waals surface area contributed by atoms with Crippen LogP contribution in [0, 0.1) is 0 Å². The number of fused-ring (bicyclic) bond motifs is 3. The average Bonchev–Trinajstić information content (AvgIpc) is 3.11. The molecule has 7 nitrogen and oxygen atoms in total. The van der Waals surface area contributed by atoms with Crippen molar-refractivity contribution in [2.75, 3.05) is 12.0 Å². The van der Waals surface area contributed by atoms with Crippen LogP contribution in [0.1, 0.15) is 81.3 Å². The maximum absolute atomic E-state index is 13.2. The van der Waals surface area contributed by atoms with E-state index in [9.17, 15) is 24.9 Å². The largest absolute Gasteiger partial charge is 0.508 e. The first-order valence-corrected chi connectivity index (χ1v) is 13.9. The summed E-state index contributed by atoms with van der Waals surface area (Å²) in [6.07, 6.45) is 9.29. The van der Waals surface area contributed by atoms with Gasteiger partial charge in [0.05, 0.1) is 18.2 Å². The molecule has 0 aromatic heterocycles. The third-order valence-electron chi connectivity index (χ3n) is 7.20. The van der Waals surface area contributed by atoms with Crippen LogP contribution in [0.2, 0.25) is 0 Å². The van der Waals surface area contributed by atoms with Crippen LogP contribution in [0.25, 0.3) is 0 Å². The van der Waals surface area contributed by atoms with Gasteiger partial charge in [-0.25, -0.2) is 4.79 Å². The van der Waals surface area contributed by atoms with Crippen molar-refractivity contribution >= 4 is 23.6 Å². The fourth-order valence-electron chi connectivity index (χ4n) is 4.91. The van der Waals surface area contributed by atoms with Gasteiger partial charge in [0.25, 0.3) is 5.91 Å². The average molecular weight is 518 g/mol. The van der Waals surface area contributed by atoms with Crippen molar-refractivity contribution < 1.29 is 29.6 Å². The molecule has 0 radical (unpaired) electrons. The van der Waals surface area contributed by atoms with Crippen LogP contribution < -0.4 is 4.74 Å². The normalized spacial score (nSPS) is 22.1. The van der Waals surface area contributed by atoms with Crippen LogP contribution in [0.5, 0.6) is 11.5 Å². The van der Waals surface area contributed by atoms with Gasteiger partial charge in [0.1, 0.15) is 23.1 Å². The van der Waals surface area contributed by atoms with E-state index in [2.05, 4.69) is 32.9 Å². The van der Waals surface area contributed by atoms with Gasteiger partial charge in [-0.1, -0.05) is 23.3 Å². The van der Waals surface area contributed by atoms with E-state index >= 15 is 0 Å². The number of amides is 1. The number of carboxylic acid groups (broad SMARTS) is 1. The molecule has 198 valence electrons. The molecule has 0 bridgehead atoms. The maximum atomic E-state index is 13.2. The maximum Gasteiger partial charge on any atom is 0.326 e. The van der Waals surface area contributed by atoms with E-state index in [0.717, 1.165) is 19.3 Å². The van der Waals surface area contributed by atoms with Gasteiger partial charge in [0, 0.05) is 17.5 Å². The topological polar surface area (TPSA) is 107 Å². The molecule has 1 aromatic rings. The molecule has 36 heavy (non-hydrogen) atoms. The summed E-state index contributed by atoms with van der Waals surface area (Å²) in [6, 6.07) is 0.441. The summed E-state index contributed by atoms with van der Waals surface area (Å²) in [7, 11) is 0. The zero-order valence-electron chi connectivity index (χ0n) is 22.0. The van der Waals surface area contributed by atoms with Gasteiger partial charge >= 0.3 is 5.97 Å². The second-order valence-corrected chi connectivity index (χ2v) is 11.3. The Labute approximate surface area is 218 Å². The Balaban J connectivity index is 1.82. The summed E-state index contributed by atoms with van der Waals surface area (Å²) in [5.74, 6) is -0.542.